The van der Waals surface area contributed by atoms with Crippen LogP contribution in [0.5, 0.6) is 0 Å². The van der Waals surface area contributed by atoms with Gasteiger partial charge in [-0.05, 0) is 73.0 Å². The third-order valence-electron chi connectivity index (χ3n) is 5.20. The van der Waals surface area contributed by atoms with E-state index in [9.17, 15) is 9.59 Å². The number of nitrogens with one attached hydrogen (secondary N) is 2. The molecular weight excluding hydrogens is 398 g/mol. The number of hydrogen-bond donors (Lipinski definition) is 2. The fourth-order valence-corrected chi connectivity index (χ4v) is 3.60. The normalized spacial score (nSPS) is 11.9. The van der Waals surface area contributed by atoms with Gasteiger partial charge in [-0.2, -0.15) is 0 Å². The van der Waals surface area contributed by atoms with E-state index in [0.29, 0.717) is 22.5 Å². The minimum atomic E-state index is -0.255. The number of benzene rings is 3. The van der Waals surface area contributed by atoms with Crippen LogP contribution in [0.15, 0.2) is 78.3 Å². The Kier molecular flexibility index (Phi) is 6.08. The van der Waals surface area contributed by atoms with Gasteiger partial charge in [0.2, 0.25) is 0 Å². The van der Waals surface area contributed by atoms with Gasteiger partial charge in [-0.1, -0.05) is 36.9 Å². The Morgan fingerprint density at radius 1 is 0.938 bits per heavy atom. The van der Waals surface area contributed by atoms with Crippen molar-refractivity contribution in [2.24, 2.45) is 4.99 Å². The van der Waals surface area contributed by atoms with Gasteiger partial charge in [0.05, 0.1) is 5.69 Å². The second-order valence-corrected chi connectivity index (χ2v) is 7.37. The molecular formula is C27H23N3O2. The Bertz CT molecular complexity index is 1270. The van der Waals surface area contributed by atoms with Gasteiger partial charge in [-0.3, -0.25) is 14.6 Å². The molecule has 3 aromatic carbocycles. The summed E-state index contributed by atoms with van der Waals surface area (Å²) in [6, 6.07) is 18.0. The number of hydrogen-bond acceptors (Lipinski definition) is 3. The molecule has 32 heavy (non-hydrogen) atoms. The molecule has 5 heteroatoms. The molecule has 3 aromatic rings. The topological polar surface area (TPSA) is 70.6 Å². The minimum absolute atomic E-state index is 0.189. The fourth-order valence-electron chi connectivity index (χ4n) is 3.60. The van der Waals surface area contributed by atoms with Crippen molar-refractivity contribution >= 4 is 47.2 Å². The summed E-state index contributed by atoms with van der Waals surface area (Å²) < 4.78 is 0. The maximum atomic E-state index is 12.7. The van der Waals surface area contributed by atoms with E-state index in [1.165, 1.54) is 0 Å². The van der Waals surface area contributed by atoms with E-state index >= 15 is 0 Å². The molecule has 1 aliphatic carbocycles. The molecule has 0 unspecified atom stereocenters. The summed E-state index contributed by atoms with van der Waals surface area (Å²) in [5, 5.41) is 5.78. The number of amides is 2. The predicted molar refractivity (Wildman–Crippen MR) is 132 cm³/mol. The molecule has 4 rings (SSSR count). The van der Waals surface area contributed by atoms with Crippen molar-refractivity contribution in [2.45, 2.75) is 13.3 Å². The number of rotatable bonds is 6. The Morgan fingerprint density at radius 3 is 2.31 bits per heavy atom. The van der Waals surface area contributed by atoms with Crippen molar-refractivity contribution in [1.82, 2.24) is 0 Å². The molecule has 0 fully saturated rings. The van der Waals surface area contributed by atoms with Gasteiger partial charge in [0.25, 0.3) is 11.8 Å². The first-order valence-corrected chi connectivity index (χ1v) is 10.3. The first kappa shape index (κ1) is 21.0. The lowest BCUT2D eigenvalue weighted by Gasteiger charge is -2.10. The highest BCUT2D eigenvalue weighted by molar-refractivity contribution is 6.07. The quantitative estimate of drug-likeness (QED) is 0.470. The molecule has 0 heterocycles. The highest BCUT2D eigenvalue weighted by Gasteiger charge is 2.12. The van der Waals surface area contributed by atoms with Crippen LogP contribution in [-0.4, -0.2) is 18.0 Å². The number of nitrogens with zero attached hydrogens (tertiary/aromatic N) is 1. The van der Waals surface area contributed by atoms with Crippen molar-refractivity contribution in [3.63, 3.8) is 0 Å². The van der Waals surface area contributed by atoms with Crippen LogP contribution >= 0.6 is 0 Å². The van der Waals surface area contributed by atoms with Gasteiger partial charge < -0.3 is 10.6 Å². The second kappa shape index (κ2) is 9.27. The van der Waals surface area contributed by atoms with Crippen LogP contribution in [0.4, 0.5) is 17.1 Å². The number of carbonyl (C=O) groups is 2. The van der Waals surface area contributed by atoms with Crippen LogP contribution in [0.3, 0.4) is 0 Å². The summed E-state index contributed by atoms with van der Waals surface area (Å²) in [6.07, 6.45) is 8.36. The fraction of sp³-hybridized carbons (Fsp3) is 0.0741. The van der Waals surface area contributed by atoms with Gasteiger partial charge in [-0.25, -0.2) is 0 Å². The van der Waals surface area contributed by atoms with Crippen LogP contribution in [0.2, 0.25) is 0 Å². The summed E-state index contributed by atoms with van der Waals surface area (Å²) in [5.74, 6) is -0.444. The van der Waals surface area contributed by atoms with Gasteiger partial charge >= 0.3 is 0 Å². The number of allylic oxidation sites excluding steroid dienone is 1. The molecule has 1 aliphatic rings. The molecule has 0 bridgehead atoms. The van der Waals surface area contributed by atoms with Crippen LogP contribution in [0, 0.1) is 0 Å². The molecule has 0 spiro atoms. The number of anilines is 2. The van der Waals surface area contributed by atoms with Crippen molar-refractivity contribution < 1.29 is 9.59 Å². The molecule has 0 atom stereocenters. The highest BCUT2D eigenvalue weighted by Crippen LogP contribution is 2.24. The zero-order valence-electron chi connectivity index (χ0n) is 17.8. The first-order valence-electron chi connectivity index (χ1n) is 10.3. The predicted octanol–water partition coefficient (Wildman–Crippen LogP) is 6.13. The second-order valence-electron chi connectivity index (χ2n) is 7.37. The van der Waals surface area contributed by atoms with Gasteiger partial charge in [0.1, 0.15) is 0 Å². The summed E-state index contributed by atoms with van der Waals surface area (Å²) in [5.41, 5.74) is 6.12. The largest absolute Gasteiger partial charge is 0.322 e. The molecule has 0 radical (unpaired) electrons. The van der Waals surface area contributed by atoms with Crippen molar-refractivity contribution in [2.75, 3.05) is 10.6 Å². The summed E-state index contributed by atoms with van der Waals surface area (Å²) >= 11 is 0. The SMILES string of the molecule is C=Cc1cc(C(=O)Nc2cccc(NC(=O)c3ccc4c(c3)CC=C4)c2)ccc1/N=C\C. The molecule has 5 nitrogen and oxygen atoms in total. The van der Waals surface area contributed by atoms with E-state index in [2.05, 4.69) is 34.4 Å². The Morgan fingerprint density at radius 2 is 1.62 bits per heavy atom. The lowest BCUT2D eigenvalue weighted by molar-refractivity contribution is 0.101. The molecule has 0 saturated heterocycles. The van der Waals surface area contributed by atoms with Crippen LogP contribution in [0.1, 0.15) is 44.3 Å². The van der Waals surface area contributed by atoms with E-state index in [1.807, 2.05) is 25.1 Å². The maximum absolute atomic E-state index is 12.7. The van der Waals surface area contributed by atoms with Crippen LogP contribution in [0.25, 0.3) is 12.2 Å². The van der Waals surface area contributed by atoms with Crippen molar-refractivity contribution in [3.8, 4) is 0 Å². The summed E-state index contributed by atoms with van der Waals surface area (Å²) in [4.78, 5) is 29.7. The summed E-state index contributed by atoms with van der Waals surface area (Å²) in [7, 11) is 0. The lowest BCUT2D eigenvalue weighted by atomic mass is 10.1. The average Bonchev–Trinajstić information content (AvgIpc) is 3.27. The molecule has 0 saturated carbocycles. The third kappa shape index (κ3) is 4.57. The number of carbonyl (C=O) groups excluding carboxylic acids is 2. The van der Waals surface area contributed by atoms with Gasteiger partial charge in [-0.15, -0.1) is 0 Å². The monoisotopic (exact) mass is 421 g/mol. The van der Waals surface area contributed by atoms with E-state index in [1.54, 1.807) is 54.8 Å². The van der Waals surface area contributed by atoms with E-state index < -0.39 is 0 Å². The number of fused-ring (bicyclic) bond motifs is 1. The molecule has 0 aromatic heterocycles. The van der Waals surface area contributed by atoms with Crippen molar-refractivity contribution in [1.29, 1.82) is 0 Å². The van der Waals surface area contributed by atoms with E-state index in [4.69, 9.17) is 0 Å². The standard InChI is InChI=1S/C27H23N3O2/c1-3-18-15-22(13-14-25(18)28-4-2)27(32)30-24-10-6-9-23(17-24)29-26(31)21-12-11-19-7-5-8-20(19)16-21/h3-7,9-17H,1,8H2,2H3,(H,29,31)(H,30,32)/b28-4-. The zero-order valence-corrected chi connectivity index (χ0v) is 17.8. The van der Waals surface area contributed by atoms with E-state index in [-0.39, 0.29) is 11.8 Å². The molecule has 0 aliphatic heterocycles. The first-order chi connectivity index (χ1) is 15.6. The third-order valence-corrected chi connectivity index (χ3v) is 5.20. The van der Waals surface area contributed by atoms with Gasteiger partial charge in [0.15, 0.2) is 0 Å². The highest BCUT2D eigenvalue weighted by atomic mass is 16.2. The van der Waals surface area contributed by atoms with E-state index in [0.717, 1.165) is 28.8 Å². The zero-order chi connectivity index (χ0) is 22.5. The average molecular weight is 422 g/mol. The summed E-state index contributed by atoms with van der Waals surface area (Å²) in [6.45, 7) is 5.63. The lowest BCUT2D eigenvalue weighted by Crippen LogP contribution is -2.14. The minimum Gasteiger partial charge on any atom is -0.322 e. The Labute approximate surface area is 187 Å². The van der Waals surface area contributed by atoms with Crippen molar-refractivity contribution in [3.05, 3.63) is 101 Å². The molecule has 2 N–H and O–H groups in total. The Balaban J connectivity index is 1.46. The van der Waals surface area contributed by atoms with Crippen LogP contribution < -0.4 is 10.6 Å². The number of aliphatic imine (C=N–C) groups is 1. The molecule has 2 amide bonds. The van der Waals surface area contributed by atoms with Gasteiger partial charge in [0, 0.05) is 34.3 Å². The van der Waals surface area contributed by atoms with Crippen LogP contribution in [-0.2, 0) is 6.42 Å². The maximum Gasteiger partial charge on any atom is 0.255 e. The molecule has 158 valence electrons. The smallest absolute Gasteiger partial charge is 0.255 e. The Hall–Kier alpha value is -4.25.